The Kier molecular flexibility index (Phi) is 4.14. The highest BCUT2D eigenvalue weighted by Crippen LogP contribution is 2.34. The fraction of sp³-hybridized carbons (Fsp3) is 0.143. The van der Waals surface area contributed by atoms with Crippen molar-refractivity contribution in [1.29, 1.82) is 0 Å². The second-order valence-electron chi connectivity index (χ2n) is 6.20. The lowest BCUT2D eigenvalue weighted by molar-refractivity contribution is 0.199. The molecule has 0 fully saturated rings. The zero-order chi connectivity index (χ0) is 18.1. The van der Waals surface area contributed by atoms with Gasteiger partial charge in [0.2, 0.25) is 0 Å². The van der Waals surface area contributed by atoms with E-state index in [0.717, 1.165) is 39.1 Å². The van der Waals surface area contributed by atoms with Crippen LogP contribution in [0.5, 0.6) is 5.75 Å². The smallest absolute Gasteiger partial charge is 0.181 e. The molecule has 0 bridgehead atoms. The lowest BCUT2D eigenvalue weighted by Gasteiger charge is -2.09. The number of methoxy groups -OCH3 is 1. The summed E-state index contributed by atoms with van der Waals surface area (Å²) in [5, 5.41) is 18.2. The quantitative estimate of drug-likeness (QED) is 0.577. The van der Waals surface area contributed by atoms with Gasteiger partial charge in [-0.2, -0.15) is 5.10 Å². The summed E-state index contributed by atoms with van der Waals surface area (Å²) in [4.78, 5) is 4.49. The molecule has 4 aromatic rings. The summed E-state index contributed by atoms with van der Waals surface area (Å²) in [7, 11) is 1.66. The molecule has 0 amide bonds. The van der Waals surface area contributed by atoms with Crippen LogP contribution < -0.4 is 4.74 Å². The van der Waals surface area contributed by atoms with Gasteiger partial charge in [-0.15, -0.1) is 0 Å². The van der Waals surface area contributed by atoms with Crippen LogP contribution in [0.15, 0.2) is 60.8 Å². The molecule has 2 aromatic carbocycles. The minimum Gasteiger partial charge on any atom is -0.496 e. The van der Waals surface area contributed by atoms with E-state index in [-0.39, 0.29) is 0 Å². The standard InChI is InChI=1S/C21H19N3O2/c1-13(25)14-6-5-7-15(10-14)16-11-18-20(23-24-21(18)22-12-16)17-8-3-4-9-19(17)26-2/h3-13,25H,1-2H3,(H,22,23,24). The highest BCUT2D eigenvalue weighted by molar-refractivity contribution is 5.94. The second kappa shape index (κ2) is 6.61. The number of ether oxygens (including phenoxy) is 1. The van der Waals surface area contributed by atoms with Crippen LogP contribution in [-0.4, -0.2) is 27.4 Å². The molecule has 5 heteroatoms. The van der Waals surface area contributed by atoms with Crippen molar-refractivity contribution in [3.05, 3.63) is 66.4 Å². The number of aliphatic hydroxyl groups excluding tert-OH is 1. The molecule has 1 atom stereocenters. The topological polar surface area (TPSA) is 71.0 Å². The third-order valence-corrected chi connectivity index (χ3v) is 4.49. The van der Waals surface area contributed by atoms with Crippen molar-refractivity contribution in [2.75, 3.05) is 7.11 Å². The number of nitrogens with zero attached hydrogens (tertiary/aromatic N) is 2. The van der Waals surface area contributed by atoms with Crippen LogP contribution in [0.25, 0.3) is 33.4 Å². The predicted octanol–water partition coefficient (Wildman–Crippen LogP) is 4.35. The Morgan fingerprint density at radius 1 is 1.04 bits per heavy atom. The van der Waals surface area contributed by atoms with Crippen LogP contribution in [0, 0.1) is 0 Å². The largest absolute Gasteiger partial charge is 0.496 e. The molecular weight excluding hydrogens is 326 g/mol. The minimum atomic E-state index is -0.510. The Hall–Kier alpha value is -3.18. The Morgan fingerprint density at radius 3 is 2.69 bits per heavy atom. The summed E-state index contributed by atoms with van der Waals surface area (Å²) >= 11 is 0. The molecule has 2 N–H and O–H groups in total. The van der Waals surface area contributed by atoms with Gasteiger partial charge in [-0.05, 0) is 42.3 Å². The normalized spacial score (nSPS) is 12.3. The molecule has 2 aromatic heterocycles. The molecule has 4 rings (SSSR count). The Morgan fingerprint density at radius 2 is 1.88 bits per heavy atom. The molecule has 0 spiro atoms. The maximum absolute atomic E-state index is 9.84. The second-order valence-corrected chi connectivity index (χ2v) is 6.20. The van der Waals surface area contributed by atoms with E-state index in [4.69, 9.17) is 4.74 Å². The number of aliphatic hydroxyl groups is 1. The van der Waals surface area contributed by atoms with E-state index in [0.29, 0.717) is 5.65 Å². The predicted molar refractivity (Wildman–Crippen MR) is 102 cm³/mol. The average Bonchev–Trinajstić information content (AvgIpc) is 3.11. The molecule has 1 unspecified atom stereocenters. The number of para-hydroxylation sites is 1. The monoisotopic (exact) mass is 345 g/mol. The van der Waals surface area contributed by atoms with Gasteiger partial charge in [-0.25, -0.2) is 4.98 Å². The van der Waals surface area contributed by atoms with E-state index < -0.39 is 6.10 Å². The third-order valence-electron chi connectivity index (χ3n) is 4.49. The number of aromatic amines is 1. The molecule has 5 nitrogen and oxygen atoms in total. The summed E-state index contributed by atoms with van der Waals surface area (Å²) in [6, 6.07) is 17.7. The minimum absolute atomic E-state index is 0.510. The SMILES string of the molecule is COc1ccccc1-c1[nH]nc2ncc(-c3cccc(C(C)O)c3)cc12. The van der Waals surface area contributed by atoms with E-state index in [1.54, 1.807) is 20.2 Å². The van der Waals surface area contributed by atoms with E-state index in [2.05, 4.69) is 21.2 Å². The van der Waals surface area contributed by atoms with Crippen LogP contribution in [0.4, 0.5) is 0 Å². The first-order valence-corrected chi connectivity index (χ1v) is 8.43. The summed E-state index contributed by atoms with van der Waals surface area (Å²) < 4.78 is 5.48. The van der Waals surface area contributed by atoms with Crippen LogP contribution >= 0.6 is 0 Å². The molecule has 0 aliphatic rings. The lowest BCUT2D eigenvalue weighted by Crippen LogP contribution is -1.91. The molecule has 0 radical (unpaired) electrons. The van der Waals surface area contributed by atoms with Gasteiger partial charge in [0.15, 0.2) is 5.65 Å². The zero-order valence-electron chi connectivity index (χ0n) is 14.6. The molecule has 0 aliphatic carbocycles. The van der Waals surface area contributed by atoms with Gasteiger partial charge in [-0.1, -0.05) is 30.3 Å². The van der Waals surface area contributed by atoms with Crippen molar-refractivity contribution in [3.8, 4) is 28.1 Å². The first-order chi connectivity index (χ1) is 12.7. The van der Waals surface area contributed by atoms with E-state index in [9.17, 15) is 5.11 Å². The van der Waals surface area contributed by atoms with E-state index >= 15 is 0 Å². The van der Waals surface area contributed by atoms with Crippen molar-refractivity contribution < 1.29 is 9.84 Å². The number of hydrogen-bond donors (Lipinski definition) is 2. The van der Waals surface area contributed by atoms with Crippen LogP contribution in [0.1, 0.15) is 18.6 Å². The van der Waals surface area contributed by atoms with Crippen molar-refractivity contribution in [1.82, 2.24) is 15.2 Å². The number of rotatable bonds is 4. The number of fused-ring (bicyclic) bond motifs is 1. The molecule has 0 aliphatic heterocycles. The highest BCUT2D eigenvalue weighted by atomic mass is 16.5. The van der Waals surface area contributed by atoms with Crippen LogP contribution in [0.3, 0.4) is 0 Å². The van der Waals surface area contributed by atoms with Gasteiger partial charge in [0.05, 0.1) is 18.9 Å². The number of H-pyrrole nitrogens is 1. The lowest BCUT2D eigenvalue weighted by atomic mass is 10.0. The van der Waals surface area contributed by atoms with Crippen LogP contribution in [-0.2, 0) is 0 Å². The number of aromatic nitrogens is 3. The zero-order valence-corrected chi connectivity index (χ0v) is 14.6. The molecule has 26 heavy (non-hydrogen) atoms. The Labute approximate surface area is 151 Å². The van der Waals surface area contributed by atoms with Gasteiger partial charge in [0.25, 0.3) is 0 Å². The van der Waals surface area contributed by atoms with Gasteiger partial charge < -0.3 is 9.84 Å². The maximum Gasteiger partial charge on any atom is 0.181 e. The number of pyridine rings is 1. The fourth-order valence-corrected chi connectivity index (χ4v) is 3.09. The summed E-state index contributed by atoms with van der Waals surface area (Å²) in [5.74, 6) is 0.777. The number of hydrogen-bond acceptors (Lipinski definition) is 4. The first kappa shape index (κ1) is 16.3. The number of benzene rings is 2. The molecule has 2 heterocycles. The Bertz CT molecular complexity index is 1070. The Balaban J connectivity index is 1.86. The van der Waals surface area contributed by atoms with E-state index in [1.807, 2.05) is 48.5 Å². The average molecular weight is 345 g/mol. The van der Waals surface area contributed by atoms with Crippen molar-refractivity contribution in [2.45, 2.75) is 13.0 Å². The van der Waals surface area contributed by atoms with Crippen molar-refractivity contribution >= 4 is 11.0 Å². The molecule has 0 saturated carbocycles. The van der Waals surface area contributed by atoms with Crippen molar-refractivity contribution in [3.63, 3.8) is 0 Å². The van der Waals surface area contributed by atoms with Gasteiger partial charge in [0, 0.05) is 22.7 Å². The maximum atomic E-state index is 9.84. The summed E-state index contributed by atoms with van der Waals surface area (Å²) in [5.41, 5.74) is 5.32. The summed E-state index contributed by atoms with van der Waals surface area (Å²) in [6.07, 6.45) is 1.29. The number of nitrogens with one attached hydrogen (secondary N) is 1. The molecule has 130 valence electrons. The summed E-state index contributed by atoms with van der Waals surface area (Å²) in [6.45, 7) is 1.76. The third kappa shape index (κ3) is 2.82. The highest BCUT2D eigenvalue weighted by Gasteiger charge is 2.14. The first-order valence-electron chi connectivity index (χ1n) is 8.43. The molecule has 0 saturated heterocycles. The van der Waals surface area contributed by atoms with Gasteiger partial charge >= 0.3 is 0 Å². The van der Waals surface area contributed by atoms with E-state index in [1.165, 1.54) is 0 Å². The fourth-order valence-electron chi connectivity index (χ4n) is 3.09. The molecular formula is C21H19N3O2. The van der Waals surface area contributed by atoms with Crippen LogP contribution in [0.2, 0.25) is 0 Å². The van der Waals surface area contributed by atoms with Crippen molar-refractivity contribution in [2.24, 2.45) is 0 Å². The van der Waals surface area contributed by atoms with Gasteiger partial charge in [0.1, 0.15) is 5.75 Å². The van der Waals surface area contributed by atoms with Gasteiger partial charge in [-0.3, -0.25) is 5.10 Å².